The van der Waals surface area contributed by atoms with Gasteiger partial charge in [-0.15, -0.1) is 0 Å². The average Bonchev–Trinajstić information content (AvgIpc) is 3.06. The molecule has 0 unspecified atom stereocenters. The van der Waals surface area contributed by atoms with Crippen molar-refractivity contribution in [2.75, 3.05) is 26.9 Å². The summed E-state index contributed by atoms with van der Waals surface area (Å²) < 4.78 is 18.1. The molecule has 7 heteroatoms. The highest BCUT2D eigenvalue weighted by molar-refractivity contribution is 8.26. The van der Waals surface area contributed by atoms with Crippen LogP contribution in [0, 0.1) is 0 Å². The molecule has 0 spiro atoms. The topological polar surface area (TPSA) is 48.0 Å². The normalized spacial score (nSPS) is 15.8. The molecule has 1 aliphatic heterocycles. The Morgan fingerprint density at radius 1 is 1.03 bits per heavy atom. The van der Waals surface area contributed by atoms with E-state index in [1.165, 1.54) is 22.2 Å². The summed E-state index contributed by atoms with van der Waals surface area (Å²) in [5, 5.41) is 0. The van der Waals surface area contributed by atoms with Crippen LogP contribution in [0.2, 0.25) is 0 Å². The van der Waals surface area contributed by atoms with Gasteiger partial charge in [-0.3, -0.25) is 9.69 Å². The molecule has 1 fully saturated rings. The number of rotatable bonds is 11. The van der Waals surface area contributed by atoms with Crippen LogP contribution in [0.5, 0.6) is 17.2 Å². The zero-order valence-electron chi connectivity index (χ0n) is 19.6. The van der Waals surface area contributed by atoms with Crippen LogP contribution in [0.3, 0.4) is 0 Å². The highest BCUT2D eigenvalue weighted by Crippen LogP contribution is 2.34. The van der Waals surface area contributed by atoms with Gasteiger partial charge in [0.05, 0.1) is 24.7 Å². The minimum absolute atomic E-state index is 0.0854. The summed E-state index contributed by atoms with van der Waals surface area (Å²) in [6.45, 7) is 7.96. The monoisotopic (exact) mass is 485 g/mol. The standard InChI is InChI=1S/C26H31NO4S2/c1-5-18(3)20-9-11-21(12-10-20)30-14-7-15-31-22-13-8-19(16-23(22)29-6-2)17-24-25(28)27(4)26(32)33-24/h8-13,16-18H,5-7,14-15H2,1-4H3/b24-17-/t18-/m1/s1. The van der Waals surface area contributed by atoms with Crippen LogP contribution in [0.25, 0.3) is 6.08 Å². The first-order valence-corrected chi connectivity index (χ1v) is 12.5. The number of thioether (sulfide) groups is 1. The minimum atomic E-state index is -0.0854. The number of ether oxygens (including phenoxy) is 3. The van der Waals surface area contributed by atoms with Crippen molar-refractivity contribution in [2.45, 2.75) is 39.5 Å². The Morgan fingerprint density at radius 2 is 1.76 bits per heavy atom. The minimum Gasteiger partial charge on any atom is -0.493 e. The highest BCUT2D eigenvalue weighted by Gasteiger charge is 2.28. The molecule has 176 valence electrons. The summed E-state index contributed by atoms with van der Waals surface area (Å²) >= 11 is 6.50. The second-order valence-electron chi connectivity index (χ2n) is 7.81. The molecule has 0 bridgehead atoms. The summed E-state index contributed by atoms with van der Waals surface area (Å²) in [7, 11) is 1.69. The van der Waals surface area contributed by atoms with E-state index in [4.69, 9.17) is 26.4 Å². The van der Waals surface area contributed by atoms with Crippen molar-refractivity contribution >= 4 is 40.3 Å². The summed E-state index contributed by atoms with van der Waals surface area (Å²) in [6.07, 6.45) is 3.71. The van der Waals surface area contributed by atoms with Gasteiger partial charge in [0.2, 0.25) is 0 Å². The second-order valence-corrected chi connectivity index (χ2v) is 9.48. The van der Waals surface area contributed by atoms with Gasteiger partial charge in [0, 0.05) is 13.5 Å². The van der Waals surface area contributed by atoms with Gasteiger partial charge in [-0.05, 0) is 60.7 Å². The molecule has 1 aliphatic rings. The van der Waals surface area contributed by atoms with E-state index in [2.05, 4.69) is 26.0 Å². The number of likely N-dealkylation sites (N-methyl/N-ethyl adjacent to an activating group) is 1. The van der Waals surface area contributed by atoms with Gasteiger partial charge in [-0.25, -0.2) is 0 Å². The SMILES string of the molecule is CCOc1cc(/C=C2\SC(=S)N(C)C2=O)ccc1OCCCOc1ccc([C@H](C)CC)cc1. The third-order valence-electron chi connectivity index (χ3n) is 5.43. The van der Waals surface area contributed by atoms with Gasteiger partial charge in [0.15, 0.2) is 11.5 Å². The van der Waals surface area contributed by atoms with E-state index in [1.807, 2.05) is 43.3 Å². The number of nitrogens with zero attached hydrogens (tertiary/aromatic N) is 1. The van der Waals surface area contributed by atoms with Gasteiger partial charge >= 0.3 is 0 Å². The molecule has 1 amide bonds. The van der Waals surface area contributed by atoms with Crippen molar-refractivity contribution in [3.05, 3.63) is 58.5 Å². The molecule has 1 heterocycles. The first-order valence-electron chi connectivity index (χ1n) is 11.3. The van der Waals surface area contributed by atoms with Crippen molar-refractivity contribution in [1.29, 1.82) is 0 Å². The van der Waals surface area contributed by atoms with Gasteiger partial charge in [-0.2, -0.15) is 0 Å². The van der Waals surface area contributed by atoms with E-state index in [-0.39, 0.29) is 5.91 Å². The van der Waals surface area contributed by atoms with Gasteiger partial charge < -0.3 is 14.2 Å². The van der Waals surface area contributed by atoms with Gasteiger partial charge in [-0.1, -0.05) is 56.0 Å². The fourth-order valence-electron chi connectivity index (χ4n) is 3.26. The average molecular weight is 486 g/mol. The number of thiocarbonyl (C=S) groups is 1. The zero-order chi connectivity index (χ0) is 23.8. The fraction of sp³-hybridized carbons (Fsp3) is 0.385. The van der Waals surface area contributed by atoms with Crippen LogP contribution in [0.4, 0.5) is 0 Å². The van der Waals surface area contributed by atoms with E-state index in [0.717, 1.165) is 24.2 Å². The lowest BCUT2D eigenvalue weighted by Crippen LogP contribution is -2.22. The third-order valence-corrected chi connectivity index (χ3v) is 6.91. The summed E-state index contributed by atoms with van der Waals surface area (Å²) in [5.41, 5.74) is 2.20. The van der Waals surface area contributed by atoms with Crippen molar-refractivity contribution in [1.82, 2.24) is 4.90 Å². The molecule has 2 aromatic carbocycles. The lowest BCUT2D eigenvalue weighted by Gasteiger charge is -2.13. The number of carbonyl (C=O) groups excluding carboxylic acids is 1. The molecule has 0 aliphatic carbocycles. The summed E-state index contributed by atoms with van der Waals surface area (Å²) in [5.74, 6) is 2.68. The van der Waals surface area contributed by atoms with Crippen LogP contribution in [-0.2, 0) is 4.79 Å². The summed E-state index contributed by atoms with van der Waals surface area (Å²) in [4.78, 5) is 14.3. The third kappa shape index (κ3) is 6.74. The maximum atomic E-state index is 12.2. The van der Waals surface area contributed by atoms with Crippen molar-refractivity contribution < 1.29 is 19.0 Å². The van der Waals surface area contributed by atoms with Crippen molar-refractivity contribution in [3.63, 3.8) is 0 Å². The fourth-order valence-corrected chi connectivity index (χ4v) is 4.44. The molecule has 5 nitrogen and oxygen atoms in total. The Kier molecular flexibility index (Phi) is 9.21. The van der Waals surface area contributed by atoms with Crippen molar-refractivity contribution in [3.8, 4) is 17.2 Å². The van der Waals surface area contributed by atoms with Gasteiger partial charge in [0.25, 0.3) is 5.91 Å². The van der Waals surface area contributed by atoms with Crippen LogP contribution in [0.15, 0.2) is 47.4 Å². The first kappa shape index (κ1) is 25.1. The van der Waals surface area contributed by atoms with E-state index < -0.39 is 0 Å². The van der Waals surface area contributed by atoms with E-state index >= 15 is 0 Å². The Balaban J connectivity index is 1.53. The molecule has 1 saturated heterocycles. The Hall–Kier alpha value is -2.51. The smallest absolute Gasteiger partial charge is 0.265 e. The molecule has 0 aromatic heterocycles. The molecule has 3 rings (SSSR count). The van der Waals surface area contributed by atoms with Gasteiger partial charge in [0.1, 0.15) is 10.1 Å². The Morgan fingerprint density at radius 3 is 2.39 bits per heavy atom. The molecule has 0 N–H and O–H groups in total. The summed E-state index contributed by atoms with van der Waals surface area (Å²) in [6, 6.07) is 14.0. The maximum absolute atomic E-state index is 12.2. The predicted molar refractivity (Wildman–Crippen MR) is 139 cm³/mol. The highest BCUT2D eigenvalue weighted by atomic mass is 32.2. The molecule has 1 atom stereocenters. The molecule has 2 aromatic rings. The Bertz CT molecular complexity index is 1000. The molecular formula is C26H31NO4S2. The van der Waals surface area contributed by atoms with Crippen LogP contribution in [0.1, 0.15) is 50.7 Å². The number of hydrogen-bond acceptors (Lipinski definition) is 6. The van der Waals surface area contributed by atoms with Crippen molar-refractivity contribution in [2.24, 2.45) is 0 Å². The lowest BCUT2D eigenvalue weighted by atomic mass is 9.99. The number of benzene rings is 2. The van der Waals surface area contributed by atoms with Crippen LogP contribution >= 0.6 is 24.0 Å². The predicted octanol–water partition coefficient (Wildman–Crippen LogP) is 6.28. The first-order chi connectivity index (χ1) is 15.9. The number of carbonyl (C=O) groups is 1. The zero-order valence-corrected chi connectivity index (χ0v) is 21.3. The number of amides is 1. The quantitative estimate of drug-likeness (QED) is 0.212. The van der Waals surface area contributed by atoms with E-state index in [9.17, 15) is 4.79 Å². The Labute approximate surface area is 206 Å². The molecule has 0 radical (unpaired) electrons. The molecular weight excluding hydrogens is 454 g/mol. The van der Waals surface area contributed by atoms with E-state index in [0.29, 0.717) is 46.5 Å². The van der Waals surface area contributed by atoms with Crippen LogP contribution < -0.4 is 14.2 Å². The van der Waals surface area contributed by atoms with Crippen LogP contribution in [-0.4, -0.2) is 42.0 Å². The van der Waals surface area contributed by atoms with E-state index in [1.54, 1.807) is 7.05 Å². The molecule has 0 saturated carbocycles. The molecule has 33 heavy (non-hydrogen) atoms. The lowest BCUT2D eigenvalue weighted by molar-refractivity contribution is -0.121. The largest absolute Gasteiger partial charge is 0.493 e. The maximum Gasteiger partial charge on any atom is 0.265 e. The second kappa shape index (κ2) is 12.1. The number of hydrogen-bond donors (Lipinski definition) is 0.